The van der Waals surface area contributed by atoms with Crippen molar-refractivity contribution in [1.82, 2.24) is 9.78 Å². The number of rotatable bonds is 6. The lowest BCUT2D eigenvalue weighted by Crippen LogP contribution is -2.06. The number of aliphatic hydroxyl groups is 1. The summed E-state index contributed by atoms with van der Waals surface area (Å²) >= 11 is 0. The highest BCUT2D eigenvalue weighted by Gasteiger charge is 2.07. The number of aromatic nitrogens is 2. The molecule has 0 amide bonds. The van der Waals surface area contributed by atoms with Gasteiger partial charge in [-0.2, -0.15) is 5.10 Å². The zero-order valence-corrected chi connectivity index (χ0v) is 9.11. The van der Waals surface area contributed by atoms with Crippen molar-refractivity contribution in [3.63, 3.8) is 0 Å². The highest BCUT2D eigenvalue weighted by Crippen LogP contribution is 2.15. The predicted molar refractivity (Wildman–Crippen MR) is 57.3 cm³/mol. The second-order valence-corrected chi connectivity index (χ2v) is 3.63. The maximum absolute atomic E-state index is 8.71. The van der Waals surface area contributed by atoms with E-state index >= 15 is 0 Å². The van der Waals surface area contributed by atoms with Crippen LogP contribution in [0.2, 0.25) is 0 Å². The first kappa shape index (κ1) is 11.2. The Hall–Kier alpha value is -0.830. The molecule has 0 fully saturated rings. The van der Waals surface area contributed by atoms with Crippen LogP contribution in [0.25, 0.3) is 0 Å². The summed E-state index contributed by atoms with van der Waals surface area (Å²) in [4.78, 5) is 0. The monoisotopic (exact) mass is 196 g/mol. The van der Waals surface area contributed by atoms with E-state index in [-0.39, 0.29) is 6.61 Å². The highest BCUT2D eigenvalue weighted by molar-refractivity contribution is 5.04. The molecule has 80 valence electrons. The Labute approximate surface area is 85.8 Å². The van der Waals surface area contributed by atoms with Gasteiger partial charge < -0.3 is 5.11 Å². The molecular weight excluding hydrogens is 176 g/mol. The Balaban J connectivity index is 2.57. The van der Waals surface area contributed by atoms with Crippen molar-refractivity contribution in [2.75, 3.05) is 6.61 Å². The summed E-state index contributed by atoms with van der Waals surface area (Å²) < 4.78 is 2.05. The molecule has 0 aliphatic carbocycles. The zero-order valence-electron chi connectivity index (χ0n) is 9.11. The molecule has 1 aromatic heterocycles. The summed E-state index contributed by atoms with van der Waals surface area (Å²) in [5.41, 5.74) is 1.23. The maximum atomic E-state index is 8.71. The fraction of sp³-hybridized carbons (Fsp3) is 0.727. The van der Waals surface area contributed by atoms with E-state index in [1.165, 1.54) is 5.56 Å². The van der Waals surface area contributed by atoms with E-state index in [1.807, 2.05) is 10.9 Å². The van der Waals surface area contributed by atoms with Gasteiger partial charge in [-0.05, 0) is 31.2 Å². The molecule has 0 aliphatic heterocycles. The van der Waals surface area contributed by atoms with Gasteiger partial charge in [-0.1, -0.05) is 13.8 Å². The van der Waals surface area contributed by atoms with E-state index in [9.17, 15) is 0 Å². The summed E-state index contributed by atoms with van der Waals surface area (Å²) in [6.45, 7) is 4.63. The molecule has 1 heterocycles. The number of hydrogen-bond acceptors (Lipinski definition) is 2. The van der Waals surface area contributed by atoms with Crippen LogP contribution in [0.3, 0.4) is 0 Å². The topological polar surface area (TPSA) is 38.0 Å². The number of aryl methyl sites for hydroxylation is 1. The third-order valence-electron chi connectivity index (χ3n) is 2.60. The van der Waals surface area contributed by atoms with Gasteiger partial charge in [-0.25, -0.2) is 0 Å². The fourth-order valence-electron chi connectivity index (χ4n) is 1.65. The Bertz CT molecular complexity index is 254. The molecule has 1 aromatic rings. The Morgan fingerprint density at radius 1 is 1.43 bits per heavy atom. The summed E-state index contributed by atoms with van der Waals surface area (Å²) in [5.74, 6) is 0. The predicted octanol–water partition coefficient (Wildman–Crippen LogP) is 2.17. The molecule has 1 N–H and O–H groups in total. The van der Waals surface area contributed by atoms with Gasteiger partial charge in [0.15, 0.2) is 0 Å². The standard InChI is InChI=1S/C11H20N2O/c1-3-11(4-2)13-9-10(8-12-13)6-5-7-14/h8-9,11,14H,3-7H2,1-2H3. The van der Waals surface area contributed by atoms with Crippen LogP contribution in [0.5, 0.6) is 0 Å². The van der Waals surface area contributed by atoms with Crippen molar-refractivity contribution < 1.29 is 5.11 Å². The summed E-state index contributed by atoms with van der Waals surface area (Å²) in [6, 6.07) is 0.526. The van der Waals surface area contributed by atoms with Gasteiger partial charge in [0, 0.05) is 12.8 Å². The van der Waals surface area contributed by atoms with Crippen molar-refractivity contribution in [3.05, 3.63) is 18.0 Å². The van der Waals surface area contributed by atoms with E-state index in [2.05, 4.69) is 25.1 Å². The van der Waals surface area contributed by atoms with Gasteiger partial charge in [0.05, 0.1) is 12.2 Å². The molecule has 0 aromatic carbocycles. The van der Waals surface area contributed by atoms with Crippen molar-refractivity contribution in [1.29, 1.82) is 0 Å². The highest BCUT2D eigenvalue weighted by atomic mass is 16.2. The average molecular weight is 196 g/mol. The SMILES string of the molecule is CCC(CC)n1cc(CCCO)cn1. The number of aliphatic hydroxyl groups excluding tert-OH is 1. The molecule has 0 aliphatic rings. The Morgan fingerprint density at radius 3 is 2.71 bits per heavy atom. The van der Waals surface area contributed by atoms with Gasteiger partial charge in [-0.15, -0.1) is 0 Å². The Morgan fingerprint density at radius 2 is 2.14 bits per heavy atom. The van der Waals surface area contributed by atoms with Crippen LogP contribution in [-0.4, -0.2) is 21.5 Å². The summed E-state index contributed by atoms with van der Waals surface area (Å²) in [7, 11) is 0. The lowest BCUT2D eigenvalue weighted by atomic mass is 10.2. The first-order valence-electron chi connectivity index (χ1n) is 5.45. The molecule has 0 unspecified atom stereocenters. The van der Waals surface area contributed by atoms with E-state index in [0.717, 1.165) is 25.7 Å². The molecule has 0 atom stereocenters. The van der Waals surface area contributed by atoms with Gasteiger partial charge in [0.1, 0.15) is 0 Å². The normalized spacial score (nSPS) is 11.1. The summed E-state index contributed by atoms with van der Waals surface area (Å²) in [6.07, 6.45) is 8.02. The van der Waals surface area contributed by atoms with Crippen LogP contribution < -0.4 is 0 Å². The van der Waals surface area contributed by atoms with Gasteiger partial charge in [-0.3, -0.25) is 4.68 Å². The van der Waals surface area contributed by atoms with Crippen LogP contribution in [-0.2, 0) is 6.42 Å². The van der Waals surface area contributed by atoms with Crippen molar-refractivity contribution in [2.45, 2.75) is 45.6 Å². The van der Waals surface area contributed by atoms with E-state index in [0.29, 0.717) is 6.04 Å². The van der Waals surface area contributed by atoms with E-state index < -0.39 is 0 Å². The third kappa shape index (κ3) is 2.84. The lowest BCUT2D eigenvalue weighted by Gasteiger charge is -2.12. The van der Waals surface area contributed by atoms with Crippen LogP contribution in [0.15, 0.2) is 12.4 Å². The maximum Gasteiger partial charge on any atom is 0.0521 e. The smallest absolute Gasteiger partial charge is 0.0521 e. The van der Waals surface area contributed by atoms with Crippen molar-refractivity contribution >= 4 is 0 Å². The third-order valence-corrected chi connectivity index (χ3v) is 2.60. The average Bonchev–Trinajstić information content (AvgIpc) is 2.65. The molecule has 3 heteroatoms. The molecule has 14 heavy (non-hydrogen) atoms. The largest absolute Gasteiger partial charge is 0.396 e. The van der Waals surface area contributed by atoms with Crippen LogP contribution in [0, 0.1) is 0 Å². The van der Waals surface area contributed by atoms with Crippen LogP contribution >= 0.6 is 0 Å². The molecule has 0 saturated heterocycles. The minimum atomic E-state index is 0.260. The second-order valence-electron chi connectivity index (χ2n) is 3.63. The quantitative estimate of drug-likeness (QED) is 0.757. The van der Waals surface area contributed by atoms with Gasteiger partial charge >= 0.3 is 0 Å². The first-order valence-corrected chi connectivity index (χ1v) is 5.45. The van der Waals surface area contributed by atoms with Crippen molar-refractivity contribution in [2.24, 2.45) is 0 Å². The van der Waals surface area contributed by atoms with Gasteiger partial charge in [0.25, 0.3) is 0 Å². The fourth-order valence-corrected chi connectivity index (χ4v) is 1.65. The molecule has 3 nitrogen and oxygen atoms in total. The summed E-state index contributed by atoms with van der Waals surface area (Å²) in [5, 5.41) is 13.1. The van der Waals surface area contributed by atoms with E-state index in [1.54, 1.807) is 0 Å². The van der Waals surface area contributed by atoms with Crippen LogP contribution in [0.1, 0.15) is 44.7 Å². The molecule has 0 spiro atoms. The minimum absolute atomic E-state index is 0.260. The van der Waals surface area contributed by atoms with E-state index in [4.69, 9.17) is 5.11 Å². The molecule has 1 rings (SSSR count). The zero-order chi connectivity index (χ0) is 10.4. The van der Waals surface area contributed by atoms with Gasteiger partial charge in [0.2, 0.25) is 0 Å². The molecule has 0 radical (unpaired) electrons. The number of hydrogen-bond donors (Lipinski definition) is 1. The van der Waals surface area contributed by atoms with Crippen molar-refractivity contribution in [3.8, 4) is 0 Å². The molecular formula is C11H20N2O. The second kappa shape index (κ2) is 5.81. The molecule has 0 saturated carbocycles. The van der Waals surface area contributed by atoms with Crippen LogP contribution in [0.4, 0.5) is 0 Å². The molecule has 0 bridgehead atoms. The lowest BCUT2D eigenvalue weighted by molar-refractivity contribution is 0.288. The first-order chi connectivity index (χ1) is 6.81. The Kier molecular flexibility index (Phi) is 4.66. The number of nitrogens with zero attached hydrogens (tertiary/aromatic N) is 2. The minimum Gasteiger partial charge on any atom is -0.396 e.